The molecule has 0 atom stereocenters. The van der Waals surface area contributed by atoms with E-state index in [9.17, 15) is 22.0 Å². The number of hydrogen-bond acceptors (Lipinski definition) is 1. The average Bonchev–Trinajstić information content (AvgIpc) is 2.17. The van der Waals surface area contributed by atoms with Crippen LogP contribution in [0.5, 0.6) is 0 Å². The molecule has 6 heteroatoms. The zero-order chi connectivity index (χ0) is 12.2. The third-order valence-corrected chi connectivity index (χ3v) is 1.76. The Hall–Kier alpha value is -1.46. The lowest BCUT2D eigenvalue weighted by Crippen LogP contribution is -2.36. The standard InChI is InChI=1S/C10H8F5N/c11-9(12,10(13,14)15)6-7-16-8-4-2-1-3-5-8/h1-5,7H,6H2. The van der Waals surface area contributed by atoms with Gasteiger partial charge in [0.2, 0.25) is 0 Å². The largest absolute Gasteiger partial charge is 0.453 e. The lowest BCUT2D eigenvalue weighted by molar-refractivity contribution is -0.278. The third-order valence-electron chi connectivity index (χ3n) is 1.76. The highest BCUT2D eigenvalue weighted by Gasteiger charge is 2.56. The number of para-hydroxylation sites is 1. The maximum atomic E-state index is 12.4. The Morgan fingerprint density at radius 1 is 1.00 bits per heavy atom. The molecule has 0 aromatic heterocycles. The van der Waals surface area contributed by atoms with Gasteiger partial charge in [0.05, 0.1) is 12.1 Å². The zero-order valence-electron chi connectivity index (χ0n) is 8.01. The van der Waals surface area contributed by atoms with Crippen molar-refractivity contribution in [1.82, 2.24) is 0 Å². The van der Waals surface area contributed by atoms with Gasteiger partial charge in [0.1, 0.15) is 0 Å². The van der Waals surface area contributed by atoms with Crippen molar-refractivity contribution in [1.29, 1.82) is 0 Å². The molecule has 0 aliphatic heterocycles. The highest BCUT2D eigenvalue weighted by molar-refractivity contribution is 5.64. The first-order chi connectivity index (χ1) is 7.33. The molecule has 1 aromatic rings. The Kier molecular flexibility index (Phi) is 3.62. The molecule has 0 fully saturated rings. The van der Waals surface area contributed by atoms with Crippen molar-refractivity contribution in [2.45, 2.75) is 18.5 Å². The maximum Gasteiger partial charge on any atom is 0.453 e. The van der Waals surface area contributed by atoms with Gasteiger partial charge >= 0.3 is 12.1 Å². The molecule has 0 heterocycles. The van der Waals surface area contributed by atoms with Gasteiger partial charge in [-0.15, -0.1) is 0 Å². The van der Waals surface area contributed by atoms with Crippen LogP contribution in [-0.4, -0.2) is 18.3 Å². The molecule has 0 spiro atoms. The Balaban J connectivity index is 2.62. The van der Waals surface area contributed by atoms with Crippen molar-refractivity contribution in [2.24, 2.45) is 4.99 Å². The number of hydrogen-bond donors (Lipinski definition) is 0. The van der Waals surface area contributed by atoms with Crippen LogP contribution in [0.3, 0.4) is 0 Å². The van der Waals surface area contributed by atoms with Gasteiger partial charge in [0.15, 0.2) is 0 Å². The van der Waals surface area contributed by atoms with Crippen LogP contribution in [-0.2, 0) is 0 Å². The van der Waals surface area contributed by atoms with Gasteiger partial charge in [-0.25, -0.2) is 0 Å². The average molecular weight is 237 g/mol. The molecule has 1 rings (SSSR count). The van der Waals surface area contributed by atoms with E-state index in [1.54, 1.807) is 18.2 Å². The summed E-state index contributed by atoms with van der Waals surface area (Å²) in [5, 5.41) is 0. The number of alkyl halides is 5. The SMILES string of the molecule is FC(F)(F)C(F)(F)CC=Nc1ccccc1. The molecule has 1 nitrogen and oxygen atoms in total. The summed E-state index contributed by atoms with van der Waals surface area (Å²) in [6.07, 6.45) is -6.41. The molecule has 88 valence electrons. The van der Waals surface area contributed by atoms with Crippen molar-refractivity contribution in [2.75, 3.05) is 0 Å². The lowest BCUT2D eigenvalue weighted by atomic mass is 10.2. The highest BCUT2D eigenvalue weighted by atomic mass is 19.4. The fraction of sp³-hybridized carbons (Fsp3) is 0.300. The third kappa shape index (κ3) is 3.29. The van der Waals surface area contributed by atoms with E-state index in [1.165, 1.54) is 12.1 Å². The summed E-state index contributed by atoms with van der Waals surface area (Å²) in [6.45, 7) is 0. The van der Waals surface area contributed by atoms with E-state index in [1.807, 2.05) is 0 Å². The van der Waals surface area contributed by atoms with Crippen LogP contribution in [0.4, 0.5) is 27.6 Å². The van der Waals surface area contributed by atoms with E-state index in [-0.39, 0.29) is 0 Å². The molecule has 1 aromatic carbocycles. The van der Waals surface area contributed by atoms with Crippen molar-refractivity contribution in [3.63, 3.8) is 0 Å². The molecule has 0 unspecified atom stereocenters. The second kappa shape index (κ2) is 4.59. The summed E-state index contributed by atoms with van der Waals surface area (Å²) >= 11 is 0. The summed E-state index contributed by atoms with van der Waals surface area (Å²) in [5.74, 6) is -4.73. The fourth-order valence-corrected chi connectivity index (χ4v) is 0.895. The second-order valence-corrected chi connectivity index (χ2v) is 3.05. The first-order valence-corrected chi connectivity index (χ1v) is 4.35. The van der Waals surface area contributed by atoms with Gasteiger partial charge in [-0.1, -0.05) is 18.2 Å². The van der Waals surface area contributed by atoms with E-state index in [4.69, 9.17) is 0 Å². The molecule has 16 heavy (non-hydrogen) atoms. The first-order valence-electron chi connectivity index (χ1n) is 4.35. The quantitative estimate of drug-likeness (QED) is 0.557. The summed E-state index contributed by atoms with van der Waals surface area (Å²) in [4.78, 5) is 3.50. The molecule has 0 radical (unpaired) electrons. The normalized spacial score (nSPS) is 13.3. The van der Waals surface area contributed by atoms with Gasteiger partial charge in [-0.05, 0) is 12.1 Å². The van der Waals surface area contributed by atoms with Crippen LogP contribution in [0.25, 0.3) is 0 Å². The molecule has 0 saturated carbocycles. The highest BCUT2D eigenvalue weighted by Crippen LogP contribution is 2.37. The molecule has 0 bridgehead atoms. The number of benzene rings is 1. The predicted octanol–water partition coefficient (Wildman–Crippen LogP) is 3.98. The minimum Gasteiger partial charge on any atom is -0.261 e. The summed E-state index contributed by atoms with van der Waals surface area (Å²) in [6, 6.07) is 7.90. The van der Waals surface area contributed by atoms with Crippen molar-refractivity contribution in [3.8, 4) is 0 Å². The predicted molar refractivity (Wildman–Crippen MR) is 50.2 cm³/mol. The fourth-order valence-electron chi connectivity index (χ4n) is 0.895. The van der Waals surface area contributed by atoms with Gasteiger partial charge in [-0.2, -0.15) is 22.0 Å². The molecule has 0 aliphatic carbocycles. The topological polar surface area (TPSA) is 12.4 Å². The molecule has 0 amide bonds. The van der Waals surface area contributed by atoms with Crippen LogP contribution in [0.2, 0.25) is 0 Å². The molecule has 0 N–H and O–H groups in total. The van der Waals surface area contributed by atoms with E-state index < -0.39 is 18.5 Å². The van der Waals surface area contributed by atoms with Crippen LogP contribution in [0, 0.1) is 0 Å². The first kappa shape index (κ1) is 12.6. The Labute approximate surface area is 88.6 Å². The monoisotopic (exact) mass is 237 g/mol. The number of aliphatic imine (C=N–C) groups is 1. The summed E-state index contributed by atoms with van der Waals surface area (Å²) < 4.78 is 60.1. The molecular formula is C10H8F5N. The number of halogens is 5. The number of rotatable bonds is 3. The Bertz CT molecular complexity index is 355. The van der Waals surface area contributed by atoms with E-state index in [0.29, 0.717) is 11.9 Å². The van der Waals surface area contributed by atoms with Crippen LogP contribution >= 0.6 is 0 Å². The van der Waals surface area contributed by atoms with Crippen LogP contribution in [0.1, 0.15) is 6.42 Å². The Morgan fingerprint density at radius 3 is 2.06 bits per heavy atom. The van der Waals surface area contributed by atoms with Gasteiger partial charge in [-0.3, -0.25) is 4.99 Å². The summed E-state index contributed by atoms with van der Waals surface area (Å²) in [7, 11) is 0. The smallest absolute Gasteiger partial charge is 0.261 e. The zero-order valence-corrected chi connectivity index (χ0v) is 8.01. The van der Waals surface area contributed by atoms with Crippen LogP contribution in [0.15, 0.2) is 35.3 Å². The van der Waals surface area contributed by atoms with Crippen LogP contribution < -0.4 is 0 Å². The number of nitrogens with zero attached hydrogens (tertiary/aromatic N) is 1. The molecular weight excluding hydrogens is 229 g/mol. The lowest BCUT2D eigenvalue weighted by Gasteiger charge is -2.16. The van der Waals surface area contributed by atoms with Gasteiger partial charge in [0, 0.05) is 6.21 Å². The van der Waals surface area contributed by atoms with Gasteiger partial charge in [0.25, 0.3) is 0 Å². The minimum absolute atomic E-state index is 0.334. The Morgan fingerprint density at radius 2 is 1.56 bits per heavy atom. The second-order valence-electron chi connectivity index (χ2n) is 3.05. The van der Waals surface area contributed by atoms with E-state index in [0.717, 1.165) is 0 Å². The minimum atomic E-state index is -5.53. The van der Waals surface area contributed by atoms with Crippen molar-refractivity contribution < 1.29 is 22.0 Å². The molecule has 0 aliphatic rings. The van der Waals surface area contributed by atoms with Crippen molar-refractivity contribution in [3.05, 3.63) is 30.3 Å². The van der Waals surface area contributed by atoms with E-state index in [2.05, 4.69) is 4.99 Å². The van der Waals surface area contributed by atoms with Gasteiger partial charge < -0.3 is 0 Å². The summed E-state index contributed by atoms with van der Waals surface area (Å²) in [5.41, 5.74) is 0.334. The molecule has 0 saturated heterocycles. The van der Waals surface area contributed by atoms with E-state index >= 15 is 0 Å². The van der Waals surface area contributed by atoms with Crippen molar-refractivity contribution >= 4 is 11.9 Å². The maximum absolute atomic E-state index is 12.4.